The van der Waals surface area contributed by atoms with Crippen molar-refractivity contribution in [3.8, 4) is 12.3 Å². The molecule has 1 atom stereocenters. The molecule has 3 heteroatoms. The van der Waals surface area contributed by atoms with Crippen LogP contribution in [-0.2, 0) is 0 Å². The molecule has 1 rings (SSSR count). The molecule has 0 saturated carbocycles. The second-order valence-electron chi connectivity index (χ2n) is 3.30. The lowest BCUT2D eigenvalue weighted by molar-refractivity contribution is 0.501. The lowest BCUT2D eigenvalue weighted by Gasteiger charge is -2.13. The highest BCUT2D eigenvalue weighted by Gasteiger charge is 2.07. The van der Waals surface area contributed by atoms with Crippen LogP contribution < -0.4 is 5.32 Å². The third-order valence-corrected chi connectivity index (χ3v) is 2.16. The third-order valence-electron chi connectivity index (χ3n) is 2.16. The first-order chi connectivity index (χ1) is 7.15. The normalized spacial score (nSPS) is 12.1. The Hall–Kier alpha value is -1.40. The smallest absolute Gasteiger partial charge is 0.159 e. The average molecular weight is 209 g/mol. The van der Waals surface area contributed by atoms with Crippen LogP contribution in [0.2, 0.25) is 0 Å². The predicted molar refractivity (Wildman–Crippen MR) is 56.2 cm³/mol. The van der Waals surface area contributed by atoms with Gasteiger partial charge in [-0.25, -0.2) is 8.78 Å². The van der Waals surface area contributed by atoms with Crippen LogP contribution >= 0.6 is 0 Å². The van der Waals surface area contributed by atoms with Crippen LogP contribution in [0.5, 0.6) is 0 Å². The van der Waals surface area contributed by atoms with Gasteiger partial charge in [-0.05, 0) is 24.6 Å². The number of benzene rings is 1. The molecule has 0 aliphatic carbocycles. The van der Waals surface area contributed by atoms with Crippen molar-refractivity contribution >= 4 is 0 Å². The summed E-state index contributed by atoms with van der Waals surface area (Å²) in [5.74, 6) is 0.853. The lowest BCUT2D eigenvalue weighted by atomic mass is 10.1. The Balaban J connectivity index is 2.62. The highest BCUT2D eigenvalue weighted by molar-refractivity contribution is 5.20. The number of nitrogens with one attached hydrogen (secondary N) is 1. The predicted octanol–water partition coefficient (Wildman–Crippen LogP) is 2.64. The highest BCUT2D eigenvalue weighted by Crippen LogP contribution is 2.15. The van der Waals surface area contributed by atoms with Gasteiger partial charge in [0.1, 0.15) is 0 Å². The largest absolute Gasteiger partial charge is 0.309 e. The van der Waals surface area contributed by atoms with Crippen LogP contribution in [0.1, 0.15) is 24.9 Å². The van der Waals surface area contributed by atoms with Gasteiger partial charge in [-0.1, -0.05) is 6.07 Å². The zero-order valence-electron chi connectivity index (χ0n) is 8.56. The van der Waals surface area contributed by atoms with Gasteiger partial charge in [-0.15, -0.1) is 12.3 Å². The van der Waals surface area contributed by atoms with Crippen molar-refractivity contribution in [3.63, 3.8) is 0 Å². The van der Waals surface area contributed by atoms with Gasteiger partial charge in [0, 0.05) is 19.0 Å². The monoisotopic (exact) mass is 209 g/mol. The van der Waals surface area contributed by atoms with Gasteiger partial charge in [0.2, 0.25) is 0 Å². The summed E-state index contributed by atoms with van der Waals surface area (Å²) < 4.78 is 25.5. The Morgan fingerprint density at radius 2 is 2.13 bits per heavy atom. The Labute approximate surface area is 88.5 Å². The maximum atomic E-state index is 12.9. The molecule has 0 spiro atoms. The minimum absolute atomic E-state index is 0.0338. The van der Waals surface area contributed by atoms with E-state index >= 15 is 0 Å². The molecule has 80 valence electrons. The van der Waals surface area contributed by atoms with Crippen molar-refractivity contribution in [1.29, 1.82) is 0 Å². The van der Waals surface area contributed by atoms with Crippen LogP contribution in [0.25, 0.3) is 0 Å². The van der Waals surface area contributed by atoms with Crippen LogP contribution in [-0.4, -0.2) is 6.54 Å². The molecule has 0 aliphatic rings. The molecule has 1 nitrogen and oxygen atoms in total. The fourth-order valence-electron chi connectivity index (χ4n) is 1.26. The van der Waals surface area contributed by atoms with Gasteiger partial charge in [0.25, 0.3) is 0 Å². The summed E-state index contributed by atoms with van der Waals surface area (Å²) >= 11 is 0. The average Bonchev–Trinajstić information content (AvgIpc) is 2.22. The fourth-order valence-corrected chi connectivity index (χ4v) is 1.26. The SMILES string of the molecule is C#CCCNC(C)c1ccc(F)c(F)c1. The minimum atomic E-state index is -0.824. The molecule has 0 saturated heterocycles. The fraction of sp³-hybridized carbons (Fsp3) is 0.333. The molecule has 1 unspecified atom stereocenters. The highest BCUT2D eigenvalue weighted by atomic mass is 19.2. The quantitative estimate of drug-likeness (QED) is 0.593. The molecule has 0 aromatic heterocycles. The van der Waals surface area contributed by atoms with E-state index in [-0.39, 0.29) is 6.04 Å². The summed E-state index contributed by atoms with van der Waals surface area (Å²) in [4.78, 5) is 0. The Kier molecular flexibility index (Phi) is 4.26. The Morgan fingerprint density at radius 1 is 1.40 bits per heavy atom. The summed E-state index contributed by atoms with van der Waals surface area (Å²) in [6, 6.07) is 3.85. The first-order valence-corrected chi connectivity index (χ1v) is 4.77. The molecule has 1 aromatic rings. The molecule has 1 aromatic carbocycles. The number of hydrogen-bond donors (Lipinski definition) is 1. The van der Waals surface area contributed by atoms with E-state index < -0.39 is 11.6 Å². The van der Waals surface area contributed by atoms with Crippen LogP contribution in [0.4, 0.5) is 8.78 Å². The van der Waals surface area contributed by atoms with E-state index in [0.717, 1.165) is 6.07 Å². The second kappa shape index (κ2) is 5.47. The van der Waals surface area contributed by atoms with Crippen LogP contribution in [0.3, 0.4) is 0 Å². The minimum Gasteiger partial charge on any atom is -0.309 e. The number of terminal acetylenes is 1. The van der Waals surface area contributed by atoms with Gasteiger partial charge in [-0.3, -0.25) is 0 Å². The lowest BCUT2D eigenvalue weighted by Crippen LogP contribution is -2.19. The number of hydrogen-bond acceptors (Lipinski definition) is 1. The first kappa shape index (κ1) is 11.7. The second-order valence-corrected chi connectivity index (χ2v) is 3.30. The van der Waals surface area contributed by atoms with Gasteiger partial charge >= 0.3 is 0 Å². The standard InChI is InChI=1S/C12H13F2N/c1-3-4-7-15-9(2)10-5-6-11(13)12(14)8-10/h1,5-6,8-9,15H,4,7H2,2H3. The van der Waals surface area contributed by atoms with Gasteiger partial charge in [0.15, 0.2) is 11.6 Å². The topological polar surface area (TPSA) is 12.0 Å². The zero-order chi connectivity index (χ0) is 11.3. The van der Waals surface area contributed by atoms with Gasteiger partial charge in [0.05, 0.1) is 0 Å². The van der Waals surface area contributed by atoms with Gasteiger partial charge < -0.3 is 5.32 Å². The van der Waals surface area contributed by atoms with Crippen molar-refractivity contribution in [2.75, 3.05) is 6.54 Å². The molecular weight excluding hydrogens is 196 g/mol. The summed E-state index contributed by atoms with van der Waals surface area (Å²) in [6.45, 7) is 2.54. The van der Waals surface area contributed by atoms with Crippen molar-refractivity contribution in [2.45, 2.75) is 19.4 Å². The van der Waals surface area contributed by atoms with Crippen molar-refractivity contribution in [2.24, 2.45) is 0 Å². The summed E-state index contributed by atoms with van der Waals surface area (Å²) in [6.07, 6.45) is 5.72. The molecular formula is C12H13F2N. The molecule has 0 aliphatic heterocycles. The van der Waals surface area contributed by atoms with Crippen molar-refractivity contribution in [3.05, 3.63) is 35.4 Å². The summed E-state index contributed by atoms with van der Waals surface area (Å²) in [5, 5.41) is 3.11. The van der Waals surface area contributed by atoms with E-state index in [4.69, 9.17) is 6.42 Å². The molecule has 0 heterocycles. The molecule has 0 amide bonds. The van der Waals surface area contributed by atoms with Crippen LogP contribution in [0, 0.1) is 24.0 Å². The Bertz CT molecular complexity index is 368. The first-order valence-electron chi connectivity index (χ1n) is 4.77. The number of rotatable bonds is 4. The zero-order valence-corrected chi connectivity index (χ0v) is 8.56. The third kappa shape index (κ3) is 3.34. The molecule has 0 radical (unpaired) electrons. The summed E-state index contributed by atoms with van der Waals surface area (Å²) in [7, 11) is 0. The number of halogens is 2. The van der Waals surface area contributed by atoms with E-state index in [1.54, 1.807) is 6.07 Å². The maximum Gasteiger partial charge on any atom is 0.159 e. The molecule has 15 heavy (non-hydrogen) atoms. The van der Waals surface area contributed by atoms with E-state index in [0.29, 0.717) is 18.5 Å². The van der Waals surface area contributed by atoms with Gasteiger partial charge in [-0.2, -0.15) is 0 Å². The molecule has 0 bridgehead atoms. The van der Waals surface area contributed by atoms with E-state index in [9.17, 15) is 8.78 Å². The van der Waals surface area contributed by atoms with Crippen LogP contribution in [0.15, 0.2) is 18.2 Å². The van der Waals surface area contributed by atoms with Crippen molar-refractivity contribution in [1.82, 2.24) is 5.32 Å². The Morgan fingerprint density at radius 3 is 2.73 bits per heavy atom. The van der Waals surface area contributed by atoms with E-state index in [2.05, 4.69) is 11.2 Å². The molecule has 0 fully saturated rings. The van der Waals surface area contributed by atoms with Crippen molar-refractivity contribution < 1.29 is 8.78 Å². The maximum absolute atomic E-state index is 12.9. The van der Waals surface area contributed by atoms with E-state index in [1.165, 1.54) is 6.07 Å². The summed E-state index contributed by atoms with van der Waals surface area (Å²) in [5.41, 5.74) is 0.714. The molecule has 1 N–H and O–H groups in total. The van der Waals surface area contributed by atoms with E-state index in [1.807, 2.05) is 6.92 Å².